The highest BCUT2D eigenvalue weighted by Gasteiger charge is 2.29. The smallest absolute Gasteiger partial charge is 0.332 e. The van der Waals surface area contributed by atoms with Crippen LogP contribution in [0, 0.1) is 5.92 Å². The monoisotopic (exact) mass is 465 g/mol. The Hall–Kier alpha value is -4.13. The minimum Gasteiger partial charge on any atom is -0.338 e. The SMILES string of the molecule is C[C@H]1CN(Cc2ccccc2)c2nc3c(c(=O)n(Cc4cccc5ccccc45)c(=O)n3C)n2C1. The van der Waals surface area contributed by atoms with Gasteiger partial charge in [0, 0.05) is 26.7 Å². The minimum absolute atomic E-state index is 0.215. The second kappa shape index (κ2) is 8.27. The van der Waals surface area contributed by atoms with Crippen molar-refractivity contribution in [1.29, 1.82) is 0 Å². The van der Waals surface area contributed by atoms with E-state index in [0.717, 1.165) is 28.8 Å². The van der Waals surface area contributed by atoms with Gasteiger partial charge in [0.25, 0.3) is 5.56 Å². The Kier molecular flexibility index (Phi) is 5.06. The van der Waals surface area contributed by atoms with Crippen LogP contribution in [0.3, 0.4) is 0 Å². The van der Waals surface area contributed by atoms with Crippen molar-refractivity contribution >= 4 is 27.9 Å². The highest BCUT2D eigenvalue weighted by Crippen LogP contribution is 2.28. The number of hydrogen-bond acceptors (Lipinski definition) is 4. The Balaban J connectivity index is 1.51. The number of aromatic nitrogens is 4. The van der Waals surface area contributed by atoms with E-state index in [0.29, 0.717) is 30.2 Å². The fourth-order valence-corrected chi connectivity index (χ4v) is 5.28. The fourth-order valence-electron chi connectivity index (χ4n) is 5.28. The van der Waals surface area contributed by atoms with Gasteiger partial charge in [-0.1, -0.05) is 79.7 Å². The van der Waals surface area contributed by atoms with E-state index in [4.69, 9.17) is 4.98 Å². The average Bonchev–Trinajstić information content (AvgIpc) is 3.26. The normalized spacial score (nSPS) is 15.6. The predicted molar refractivity (Wildman–Crippen MR) is 139 cm³/mol. The lowest BCUT2D eigenvalue weighted by atomic mass is 10.0. The van der Waals surface area contributed by atoms with Crippen molar-refractivity contribution in [3.05, 3.63) is 105 Å². The molecule has 7 nitrogen and oxygen atoms in total. The zero-order chi connectivity index (χ0) is 24.1. The van der Waals surface area contributed by atoms with Gasteiger partial charge in [0.05, 0.1) is 6.54 Å². The van der Waals surface area contributed by atoms with Gasteiger partial charge < -0.3 is 9.47 Å². The molecule has 5 aromatic rings. The van der Waals surface area contributed by atoms with Crippen LogP contribution in [-0.2, 0) is 26.7 Å². The van der Waals surface area contributed by atoms with E-state index >= 15 is 0 Å². The molecule has 0 fully saturated rings. The van der Waals surface area contributed by atoms with Crippen LogP contribution in [0.25, 0.3) is 21.9 Å². The molecule has 0 saturated heterocycles. The number of hydrogen-bond donors (Lipinski definition) is 0. The second-order valence-electron chi connectivity index (χ2n) is 9.54. The van der Waals surface area contributed by atoms with Crippen LogP contribution in [-0.4, -0.2) is 25.2 Å². The van der Waals surface area contributed by atoms with Crippen molar-refractivity contribution in [2.24, 2.45) is 13.0 Å². The summed E-state index contributed by atoms with van der Waals surface area (Å²) in [5.74, 6) is 1.09. The molecule has 0 spiro atoms. The highest BCUT2D eigenvalue weighted by atomic mass is 16.2. The maximum atomic E-state index is 13.8. The van der Waals surface area contributed by atoms with Gasteiger partial charge in [-0.25, -0.2) is 4.79 Å². The first kappa shape index (κ1) is 21.4. The summed E-state index contributed by atoms with van der Waals surface area (Å²) in [6, 6.07) is 24.3. The molecule has 6 rings (SSSR count). The molecule has 1 aliphatic heterocycles. The number of imidazole rings is 1. The summed E-state index contributed by atoms with van der Waals surface area (Å²) in [6.07, 6.45) is 0. The molecule has 0 radical (unpaired) electrons. The van der Waals surface area contributed by atoms with Crippen LogP contribution in [0.2, 0.25) is 0 Å². The number of fused-ring (bicyclic) bond motifs is 4. The molecule has 176 valence electrons. The number of nitrogens with zero attached hydrogens (tertiary/aromatic N) is 5. The van der Waals surface area contributed by atoms with E-state index in [9.17, 15) is 9.59 Å². The van der Waals surface area contributed by atoms with Crippen LogP contribution in [0.15, 0.2) is 82.4 Å². The Bertz CT molecular complexity index is 1670. The van der Waals surface area contributed by atoms with Crippen LogP contribution >= 0.6 is 0 Å². The van der Waals surface area contributed by atoms with Crippen molar-refractivity contribution in [1.82, 2.24) is 18.7 Å². The predicted octanol–water partition coefficient (Wildman–Crippen LogP) is 3.75. The number of benzene rings is 3. The molecular formula is C28H27N5O2. The van der Waals surface area contributed by atoms with Gasteiger partial charge in [0.15, 0.2) is 11.2 Å². The van der Waals surface area contributed by atoms with E-state index in [1.165, 1.54) is 14.7 Å². The maximum Gasteiger partial charge on any atom is 0.332 e. The van der Waals surface area contributed by atoms with E-state index in [1.54, 1.807) is 7.05 Å². The first-order chi connectivity index (χ1) is 17.0. The summed E-state index contributed by atoms with van der Waals surface area (Å²) in [6.45, 7) is 4.64. The van der Waals surface area contributed by atoms with Gasteiger partial charge in [-0.05, 0) is 27.8 Å². The summed E-state index contributed by atoms with van der Waals surface area (Å²) >= 11 is 0. The molecule has 0 unspecified atom stereocenters. The van der Waals surface area contributed by atoms with Gasteiger partial charge in [-0.2, -0.15) is 4.98 Å². The van der Waals surface area contributed by atoms with Crippen LogP contribution in [0.5, 0.6) is 0 Å². The number of rotatable bonds is 4. The maximum absolute atomic E-state index is 13.8. The number of aryl methyl sites for hydroxylation is 1. The molecule has 3 heterocycles. The van der Waals surface area contributed by atoms with Crippen LogP contribution in [0.4, 0.5) is 5.95 Å². The summed E-state index contributed by atoms with van der Waals surface area (Å²) in [5.41, 5.74) is 2.42. The van der Waals surface area contributed by atoms with Gasteiger partial charge in [0.1, 0.15) is 0 Å². The molecule has 0 bridgehead atoms. The van der Waals surface area contributed by atoms with E-state index in [2.05, 4.69) is 24.0 Å². The lowest BCUT2D eigenvalue weighted by Crippen LogP contribution is -2.41. The molecule has 35 heavy (non-hydrogen) atoms. The second-order valence-corrected chi connectivity index (χ2v) is 9.54. The molecule has 3 aromatic carbocycles. The lowest BCUT2D eigenvalue weighted by Gasteiger charge is -2.33. The van der Waals surface area contributed by atoms with Gasteiger partial charge >= 0.3 is 5.69 Å². The Morgan fingerprint density at radius 1 is 0.886 bits per heavy atom. The van der Waals surface area contributed by atoms with Gasteiger partial charge in [-0.15, -0.1) is 0 Å². The molecular weight excluding hydrogens is 438 g/mol. The van der Waals surface area contributed by atoms with E-state index < -0.39 is 0 Å². The molecule has 0 N–H and O–H groups in total. The van der Waals surface area contributed by atoms with Crippen molar-refractivity contribution in [2.75, 3.05) is 11.4 Å². The molecule has 2 aromatic heterocycles. The Labute approximate surface area is 202 Å². The molecule has 0 saturated carbocycles. The third-order valence-corrected chi connectivity index (χ3v) is 6.95. The third kappa shape index (κ3) is 3.55. The molecule has 1 atom stereocenters. The minimum atomic E-state index is -0.353. The molecule has 0 amide bonds. The third-order valence-electron chi connectivity index (χ3n) is 6.95. The molecule has 7 heteroatoms. The first-order valence-corrected chi connectivity index (χ1v) is 12.0. The van der Waals surface area contributed by atoms with Crippen molar-refractivity contribution in [2.45, 2.75) is 26.6 Å². The average molecular weight is 466 g/mol. The molecule has 1 aliphatic rings. The standard InChI is InChI=1S/C28H27N5O2/c1-19-15-31(17-20-9-4-3-5-10-20)27-29-25-24(32(27)16-19)26(34)33(28(35)30(25)2)18-22-13-8-12-21-11-6-7-14-23(21)22/h3-14,19H,15-18H2,1-2H3/t19-/m0/s1. The summed E-state index contributed by atoms with van der Waals surface area (Å²) in [5, 5.41) is 2.13. The van der Waals surface area contributed by atoms with Crippen molar-refractivity contribution in [3.63, 3.8) is 0 Å². The summed E-state index contributed by atoms with van der Waals surface area (Å²) < 4.78 is 4.87. The molecule has 0 aliphatic carbocycles. The highest BCUT2D eigenvalue weighted by molar-refractivity contribution is 5.85. The van der Waals surface area contributed by atoms with Gasteiger partial charge in [-0.3, -0.25) is 13.9 Å². The zero-order valence-corrected chi connectivity index (χ0v) is 19.9. The fraction of sp³-hybridized carbons (Fsp3) is 0.250. The lowest BCUT2D eigenvalue weighted by molar-refractivity contribution is 0.435. The number of anilines is 1. The zero-order valence-electron chi connectivity index (χ0n) is 19.9. The Morgan fingerprint density at radius 3 is 2.46 bits per heavy atom. The van der Waals surface area contributed by atoms with E-state index in [1.807, 2.05) is 65.2 Å². The topological polar surface area (TPSA) is 65.1 Å². The van der Waals surface area contributed by atoms with Crippen LogP contribution in [0.1, 0.15) is 18.1 Å². The Morgan fingerprint density at radius 2 is 1.63 bits per heavy atom. The largest absolute Gasteiger partial charge is 0.338 e. The van der Waals surface area contributed by atoms with Crippen LogP contribution < -0.4 is 16.1 Å². The van der Waals surface area contributed by atoms with Crippen molar-refractivity contribution in [3.8, 4) is 0 Å². The quantitative estimate of drug-likeness (QED) is 0.406. The van der Waals surface area contributed by atoms with Gasteiger partial charge in [0.2, 0.25) is 5.95 Å². The van der Waals surface area contributed by atoms with Crippen molar-refractivity contribution < 1.29 is 0 Å². The summed E-state index contributed by atoms with van der Waals surface area (Å²) in [7, 11) is 1.70. The van der Waals surface area contributed by atoms with E-state index in [-0.39, 0.29) is 17.8 Å². The first-order valence-electron chi connectivity index (χ1n) is 12.0. The summed E-state index contributed by atoms with van der Waals surface area (Å²) in [4.78, 5) is 34.2.